The lowest BCUT2D eigenvalue weighted by molar-refractivity contribution is 0.308. The Hall–Kier alpha value is -2.51. The Morgan fingerprint density at radius 3 is 2.45 bits per heavy atom. The van der Waals surface area contributed by atoms with Gasteiger partial charge in [0, 0.05) is 17.5 Å². The minimum Gasteiger partial charge on any atom is -0.508 e. The number of phenols is 2. The van der Waals surface area contributed by atoms with Crippen LogP contribution >= 0.6 is 23.6 Å². The molecule has 0 atom stereocenters. The number of hydrogen-bond acceptors (Lipinski definition) is 6. The van der Waals surface area contributed by atoms with E-state index in [2.05, 4.69) is 18.0 Å². The lowest BCUT2D eigenvalue weighted by atomic mass is 9.70. The molecule has 3 aromatic rings. The molecule has 1 saturated carbocycles. The molecule has 0 aliphatic heterocycles. The molecule has 1 aliphatic rings. The molecular formula is C24H27NO4S2. The highest BCUT2D eigenvalue weighted by molar-refractivity contribution is 7.73. The highest BCUT2D eigenvalue weighted by atomic mass is 32.1. The molecule has 5 nitrogen and oxygen atoms in total. The number of thiazole rings is 1. The highest BCUT2D eigenvalue weighted by Gasteiger charge is 2.31. The predicted molar refractivity (Wildman–Crippen MR) is 126 cm³/mol. The van der Waals surface area contributed by atoms with Crippen molar-refractivity contribution < 1.29 is 20.1 Å². The monoisotopic (exact) mass is 457 g/mol. The van der Waals surface area contributed by atoms with Crippen LogP contribution in [-0.4, -0.2) is 27.4 Å². The summed E-state index contributed by atoms with van der Waals surface area (Å²) in [5, 5.41) is 31.4. The van der Waals surface area contributed by atoms with E-state index in [-0.39, 0.29) is 17.0 Å². The maximum absolute atomic E-state index is 10.7. The van der Waals surface area contributed by atoms with Crippen LogP contribution in [0, 0.1) is 3.95 Å². The molecule has 4 N–H and O–H groups in total. The number of benzene rings is 2. The van der Waals surface area contributed by atoms with Crippen LogP contribution in [-0.2, 0) is 11.8 Å². The number of rotatable bonds is 5. The van der Waals surface area contributed by atoms with Crippen molar-refractivity contribution in [2.45, 2.75) is 50.9 Å². The Balaban J connectivity index is 1.78. The van der Waals surface area contributed by atoms with Crippen molar-refractivity contribution in [1.29, 1.82) is 0 Å². The molecule has 0 spiro atoms. The Kier molecular flexibility index (Phi) is 5.99. The van der Waals surface area contributed by atoms with Gasteiger partial charge in [-0.3, -0.25) is 0 Å². The number of phenolic OH excluding ortho intramolecular Hbond substituents is 2. The molecule has 31 heavy (non-hydrogen) atoms. The molecule has 0 amide bonds. The van der Waals surface area contributed by atoms with Gasteiger partial charge in [-0.15, -0.1) is 11.3 Å². The van der Waals surface area contributed by atoms with E-state index >= 15 is 0 Å². The van der Waals surface area contributed by atoms with Crippen molar-refractivity contribution in [3.63, 3.8) is 0 Å². The van der Waals surface area contributed by atoms with E-state index in [4.69, 9.17) is 17.0 Å². The summed E-state index contributed by atoms with van der Waals surface area (Å²) in [5.74, 6) is 0.764. The van der Waals surface area contributed by atoms with Gasteiger partial charge < -0.3 is 25.0 Å². The summed E-state index contributed by atoms with van der Waals surface area (Å²) in [6.07, 6.45) is 6.03. The number of H-pyrrole nitrogens is 1. The number of aromatic amines is 1. The van der Waals surface area contributed by atoms with Gasteiger partial charge in [0.1, 0.15) is 5.75 Å². The predicted octanol–water partition coefficient (Wildman–Crippen LogP) is 6.41. The van der Waals surface area contributed by atoms with Crippen LogP contribution in [0.2, 0.25) is 0 Å². The van der Waals surface area contributed by atoms with E-state index in [1.807, 2.05) is 12.1 Å². The third-order valence-electron chi connectivity index (χ3n) is 6.36. The van der Waals surface area contributed by atoms with E-state index in [1.165, 1.54) is 37.7 Å². The van der Waals surface area contributed by atoms with Gasteiger partial charge in [-0.05, 0) is 65.9 Å². The van der Waals surface area contributed by atoms with Crippen molar-refractivity contribution >= 4 is 23.6 Å². The first kappa shape index (κ1) is 21.7. The quantitative estimate of drug-likeness (QED) is 0.333. The molecule has 0 unspecified atom stereocenters. The summed E-state index contributed by atoms with van der Waals surface area (Å²) in [7, 11) is 1.52. The average Bonchev–Trinajstić information content (AvgIpc) is 3.07. The second kappa shape index (κ2) is 8.55. The smallest absolute Gasteiger partial charge is 0.203 e. The minimum atomic E-state index is -0.0410. The first-order valence-electron chi connectivity index (χ1n) is 10.5. The fraction of sp³-hybridized carbons (Fsp3) is 0.375. The number of ether oxygens (including phenoxy) is 1. The van der Waals surface area contributed by atoms with Gasteiger partial charge in [-0.25, -0.2) is 0 Å². The third kappa shape index (κ3) is 4.29. The number of aromatic hydroxyl groups is 3. The van der Waals surface area contributed by atoms with Crippen LogP contribution in [0.25, 0.3) is 11.1 Å². The molecule has 4 rings (SSSR count). The van der Waals surface area contributed by atoms with Crippen molar-refractivity contribution in [2.75, 3.05) is 7.11 Å². The summed E-state index contributed by atoms with van der Waals surface area (Å²) >= 11 is 6.39. The van der Waals surface area contributed by atoms with E-state index in [0.717, 1.165) is 29.5 Å². The standard InChI is InChI=1S/C24H27NO4S2/c1-24(8-4-3-5-9-24)17-11-14(6-7-18(17)26)15-10-16(21(27)19(12-15)29-2)13-20-22(28)25-23(30)31-20/h6-7,10-12,26-28H,3-5,8-9,13H2,1-2H3,(H,25,30). The van der Waals surface area contributed by atoms with Gasteiger partial charge in [0.15, 0.2) is 15.5 Å². The van der Waals surface area contributed by atoms with Crippen LogP contribution in [0.5, 0.6) is 23.1 Å². The van der Waals surface area contributed by atoms with E-state index in [9.17, 15) is 15.3 Å². The first-order chi connectivity index (χ1) is 14.8. The second-order valence-electron chi connectivity index (χ2n) is 8.50. The first-order valence-corrected chi connectivity index (χ1v) is 11.7. The summed E-state index contributed by atoms with van der Waals surface area (Å²) in [6.45, 7) is 2.23. The molecule has 1 aromatic heterocycles. The van der Waals surface area contributed by atoms with E-state index in [0.29, 0.717) is 32.3 Å². The second-order valence-corrected chi connectivity index (χ2v) is 10.3. The fourth-order valence-electron chi connectivity index (χ4n) is 4.57. The molecule has 164 valence electrons. The van der Waals surface area contributed by atoms with Crippen LogP contribution in [0.15, 0.2) is 30.3 Å². The number of nitrogens with one attached hydrogen (secondary N) is 1. The molecule has 0 radical (unpaired) electrons. The Morgan fingerprint density at radius 1 is 1.06 bits per heavy atom. The molecule has 1 aliphatic carbocycles. The summed E-state index contributed by atoms with van der Waals surface area (Å²) in [6, 6.07) is 9.41. The lowest BCUT2D eigenvalue weighted by Gasteiger charge is -2.35. The average molecular weight is 458 g/mol. The summed E-state index contributed by atoms with van der Waals surface area (Å²) < 4.78 is 5.91. The van der Waals surface area contributed by atoms with Gasteiger partial charge in [-0.1, -0.05) is 32.3 Å². The van der Waals surface area contributed by atoms with Crippen LogP contribution in [0.3, 0.4) is 0 Å². The zero-order valence-corrected chi connectivity index (χ0v) is 19.3. The van der Waals surface area contributed by atoms with Crippen molar-refractivity contribution in [3.05, 3.63) is 50.3 Å². The topological polar surface area (TPSA) is 85.7 Å². The SMILES string of the molecule is COc1cc(-c2ccc(O)c(C3(C)CCCCC3)c2)cc(Cc2sc(=S)[nH]c2O)c1O. The van der Waals surface area contributed by atoms with Crippen molar-refractivity contribution in [1.82, 2.24) is 4.98 Å². The van der Waals surface area contributed by atoms with Gasteiger partial charge >= 0.3 is 0 Å². The number of methoxy groups -OCH3 is 1. The zero-order valence-electron chi connectivity index (χ0n) is 17.7. The van der Waals surface area contributed by atoms with Crippen LogP contribution in [0.4, 0.5) is 0 Å². The largest absolute Gasteiger partial charge is 0.508 e. The molecular weight excluding hydrogens is 430 g/mol. The Labute approximate surface area is 191 Å². The normalized spacial score (nSPS) is 15.7. The molecule has 0 bridgehead atoms. The van der Waals surface area contributed by atoms with Crippen molar-refractivity contribution in [3.8, 4) is 34.3 Å². The molecule has 7 heteroatoms. The fourth-order valence-corrected chi connectivity index (χ4v) is 5.71. The zero-order chi connectivity index (χ0) is 22.2. The van der Waals surface area contributed by atoms with Gasteiger partial charge in [-0.2, -0.15) is 0 Å². The lowest BCUT2D eigenvalue weighted by Crippen LogP contribution is -2.25. The summed E-state index contributed by atoms with van der Waals surface area (Å²) in [5.41, 5.74) is 3.39. The van der Waals surface area contributed by atoms with E-state index in [1.54, 1.807) is 12.1 Å². The van der Waals surface area contributed by atoms with E-state index < -0.39 is 0 Å². The molecule has 1 heterocycles. The molecule has 0 saturated heterocycles. The van der Waals surface area contributed by atoms with Crippen LogP contribution < -0.4 is 4.74 Å². The summed E-state index contributed by atoms with van der Waals surface area (Å²) in [4.78, 5) is 3.38. The minimum absolute atomic E-state index is 0.0240. The van der Waals surface area contributed by atoms with Gasteiger partial charge in [0.05, 0.1) is 12.0 Å². The Morgan fingerprint density at radius 2 is 1.81 bits per heavy atom. The van der Waals surface area contributed by atoms with Crippen molar-refractivity contribution in [2.24, 2.45) is 0 Å². The molecule has 1 fully saturated rings. The highest BCUT2D eigenvalue weighted by Crippen LogP contribution is 2.45. The third-order valence-corrected chi connectivity index (χ3v) is 7.59. The number of aromatic nitrogens is 1. The van der Waals surface area contributed by atoms with Gasteiger partial charge in [0.25, 0.3) is 0 Å². The number of hydrogen-bond donors (Lipinski definition) is 4. The maximum atomic E-state index is 10.7. The molecule has 2 aromatic carbocycles. The Bertz CT molecular complexity index is 1160. The maximum Gasteiger partial charge on any atom is 0.203 e. The van der Waals surface area contributed by atoms with Gasteiger partial charge in [0.2, 0.25) is 5.88 Å². The van der Waals surface area contributed by atoms with Crippen LogP contribution in [0.1, 0.15) is 55.0 Å².